The first-order valence-electron chi connectivity index (χ1n) is 6.14. The van der Waals surface area contributed by atoms with E-state index in [1.807, 2.05) is 6.07 Å². The fraction of sp³-hybridized carbons (Fsp3) is 0.200. The number of carbonyl (C=O) groups excluding carboxylic acids is 1. The summed E-state index contributed by atoms with van der Waals surface area (Å²) in [5.74, 6) is -0.0952. The molecule has 0 radical (unpaired) electrons. The third-order valence-corrected chi connectivity index (χ3v) is 2.89. The van der Waals surface area contributed by atoms with Crippen LogP contribution in [0.5, 0.6) is 5.75 Å². The summed E-state index contributed by atoms with van der Waals surface area (Å²) in [7, 11) is 0. The fourth-order valence-corrected chi connectivity index (χ4v) is 1.79. The number of benzene rings is 1. The van der Waals surface area contributed by atoms with Gasteiger partial charge in [0.05, 0.1) is 12.3 Å². The molecule has 0 N–H and O–H groups in total. The van der Waals surface area contributed by atoms with Crippen molar-refractivity contribution in [1.82, 2.24) is 4.98 Å². The zero-order valence-corrected chi connectivity index (χ0v) is 10.2. The summed E-state index contributed by atoms with van der Waals surface area (Å²) < 4.78 is 18.7. The average Bonchev–Trinajstić information content (AvgIpc) is 3.22. The Balaban J connectivity index is 1.86. The van der Waals surface area contributed by atoms with E-state index >= 15 is 0 Å². The summed E-state index contributed by atoms with van der Waals surface area (Å²) in [6.07, 6.45) is 4.84. The van der Waals surface area contributed by atoms with Gasteiger partial charge in [-0.3, -0.25) is 9.78 Å². The number of rotatable bonds is 4. The van der Waals surface area contributed by atoms with E-state index in [1.165, 1.54) is 12.3 Å². The zero-order valence-electron chi connectivity index (χ0n) is 10.2. The summed E-state index contributed by atoms with van der Waals surface area (Å²) in [5, 5.41) is 0. The Morgan fingerprint density at radius 1 is 1.21 bits per heavy atom. The number of hydrogen-bond acceptors (Lipinski definition) is 3. The van der Waals surface area contributed by atoms with E-state index < -0.39 is 5.82 Å². The average molecular weight is 257 g/mol. The molecule has 0 amide bonds. The SMILES string of the molecule is O=C(c1cncc(F)c1)c1cccc(OC2CC2)c1. The molecule has 0 bridgehead atoms. The maximum atomic E-state index is 13.1. The van der Waals surface area contributed by atoms with Crippen LogP contribution in [0.1, 0.15) is 28.8 Å². The summed E-state index contributed by atoms with van der Waals surface area (Å²) in [5.41, 5.74) is 0.717. The molecular weight excluding hydrogens is 245 g/mol. The van der Waals surface area contributed by atoms with Crippen LogP contribution in [0.3, 0.4) is 0 Å². The van der Waals surface area contributed by atoms with E-state index in [-0.39, 0.29) is 17.5 Å². The quantitative estimate of drug-likeness (QED) is 0.790. The molecule has 4 heteroatoms. The topological polar surface area (TPSA) is 39.2 Å². The summed E-state index contributed by atoms with van der Waals surface area (Å²) in [4.78, 5) is 15.9. The monoisotopic (exact) mass is 257 g/mol. The maximum absolute atomic E-state index is 13.1. The van der Waals surface area contributed by atoms with Gasteiger partial charge in [0, 0.05) is 17.3 Å². The predicted octanol–water partition coefficient (Wildman–Crippen LogP) is 2.99. The van der Waals surface area contributed by atoms with Gasteiger partial charge in [-0.1, -0.05) is 12.1 Å². The maximum Gasteiger partial charge on any atom is 0.194 e. The highest BCUT2D eigenvalue weighted by Crippen LogP contribution is 2.27. The van der Waals surface area contributed by atoms with Crippen molar-refractivity contribution in [1.29, 1.82) is 0 Å². The highest BCUT2D eigenvalue weighted by atomic mass is 19.1. The van der Waals surface area contributed by atoms with Gasteiger partial charge in [0.15, 0.2) is 5.78 Å². The van der Waals surface area contributed by atoms with Crippen LogP contribution in [0.25, 0.3) is 0 Å². The van der Waals surface area contributed by atoms with Crippen molar-refractivity contribution in [2.75, 3.05) is 0 Å². The van der Waals surface area contributed by atoms with Crippen LogP contribution in [0.4, 0.5) is 4.39 Å². The van der Waals surface area contributed by atoms with Crippen molar-refractivity contribution in [2.24, 2.45) is 0 Å². The standard InChI is InChI=1S/C15H12FNO2/c16-12-6-11(8-17-9-12)15(18)10-2-1-3-14(7-10)19-13-4-5-13/h1-3,6-9,13H,4-5H2. The van der Waals surface area contributed by atoms with Gasteiger partial charge < -0.3 is 4.74 Å². The lowest BCUT2D eigenvalue weighted by Gasteiger charge is -2.06. The minimum absolute atomic E-state index is 0.239. The van der Waals surface area contributed by atoms with Crippen LogP contribution in [0.15, 0.2) is 42.7 Å². The van der Waals surface area contributed by atoms with E-state index in [0.29, 0.717) is 11.3 Å². The van der Waals surface area contributed by atoms with E-state index in [9.17, 15) is 9.18 Å². The number of carbonyl (C=O) groups is 1. The van der Waals surface area contributed by atoms with Crippen molar-refractivity contribution >= 4 is 5.78 Å². The summed E-state index contributed by atoms with van der Waals surface area (Å²) >= 11 is 0. The lowest BCUT2D eigenvalue weighted by atomic mass is 10.0. The smallest absolute Gasteiger partial charge is 0.194 e. The number of aromatic nitrogens is 1. The van der Waals surface area contributed by atoms with E-state index in [1.54, 1.807) is 18.2 Å². The number of halogens is 1. The molecule has 1 aromatic heterocycles. The Hall–Kier alpha value is -2.23. The highest BCUT2D eigenvalue weighted by molar-refractivity contribution is 6.08. The molecule has 2 aromatic rings. The van der Waals surface area contributed by atoms with Crippen LogP contribution in [-0.2, 0) is 0 Å². The van der Waals surface area contributed by atoms with Gasteiger partial charge in [-0.05, 0) is 31.0 Å². The molecule has 1 aliphatic rings. The van der Waals surface area contributed by atoms with Gasteiger partial charge in [0.2, 0.25) is 0 Å². The van der Waals surface area contributed by atoms with E-state index in [2.05, 4.69) is 4.98 Å². The van der Waals surface area contributed by atoms with E-state index in [4.69, 9.17) is 4.74 Å². The Morgan fingerprint density at radius 3 is 2.79 bits per heavy atom. The van der Waals surface area contributed by atoms with Crippen molar-refractivity contribution in [3.05, 3.63) is 59.7 Å². The predicted molar refractivity (Wildman–Crippen MR) is 67.7 cm³/mol. The molecule has 3 nitrogen and oxygen atoms in total. The molecule has 0 unspecified atom stereocenters. The van der Waals surface area contributed by atoms with Crippen molar-refractivity contribution in [3.63, 3.8) is 0 Å². The van der Waals surface area contributed by atoms with Crippen molar-refractivity contribution in [3.8, 4) is 5.75 Å². The second kappa shape index (κ2) is 4.80. The molecule has 0 saturated heterocycles. The van der Waals surface area contributed by atoms with Crippen LogP contribution in [-0.4, -0.2) is 16.9 Å². The molecule has 0 atom stereocenters. The molecule has 0 spiro atoms. The fourth-order valence-electron chi connectivity index (χ4n) is 1.79. The molecule has 1 fully saturated rings. The first kappa shape index (κ1) is 11.8. The molecule has 1 saturated carbocycles. The number of ketones is 1. The Morgan fingerprint density at radius 2 is 2.05 bits per heavy atom. The summed E-state index contributed by atoms with van der Waals surface area (Å²) in [6, 6.07) is 8.14. The first-order valence-corrected chi connectivity index (χ1v) is 6.14. The molecule has 19 heavy (non-hydrogen) atoms. The van der Waals surface area contributed by atoms with Crippen LogP contribution in [0.2, 0.25) is 0 Å². The van der Waals surface area contributed by atoms with Gasteiger partial charge in [-0.15, -0.1) is 0 Å². The minimum atomic E-state index is -0.517. The van der Waals surface area contributed by atoms with Crippen molar-refractivity contribution < 1.29 is 13.9 Å². The van der Waals surface area contributed by atoms with Gasteiger partial charge in [-0.25, -0.2) is 4.39 Å². The van der Waals surface area contributed by atoms with Crippen LogP contribution >= 0.6 is 0 Å². The molecule has 1 aromatic carbocycles. The van der Waals surface area contributed by atoms with E-state index in [0.717, 1.165) is 19.0 Å². The number of hydrogen-bond donors (Lipinski definition) is 0. The largest absolute Gasteiger partial charge is 0.490 e. The highest BCUT2D eigenvalue weighted by Gasteiger charge is 2.23. The molecular formula is C15H12FNO2. The van der Waals surface area contributed by atoms with Crippen LogP contribution in [0, 0.1) is 5.82 Å². The number of ether oxygens (including phenoxy) is 1. The lowest BCUT2D eigenvalue weighted by molar-refractivity contribution is 0.103. The normalized spacial score (nSPS) is 14.2. The van der Waals surface area contributed by atoms with Crippen molar-refractivity contribution in [2.45, 2.75) is 18.9 Å². The van der Waals surface area contributed by atoms with Crippen LogP contribution < -0.4 is 4.74 Å². The van der Waals surface area contributed by atoms with Gasteiger partial charge in [0.25, 0.3) is 0 Å². The molecule has 3 rings (SSSR count). The Kier molecular flexibility index (Phi) is 2.99. The summed E-state index contributed by atoms with van der Waals surface area (Å²) in [6.45, 7) is 0. The van der Waals surface area contributed by atoms with Gasteiger partial charge >= 0.3 is 0 Å². The van der Waals surface area contributed by atoms with Gasteiger partial charge in [-0.2, -0.15) is 0 Å². The third kappa shape index (κ3) is 2.78. The third-order valence-electron chi connectivity index (χ3n) is 2.89. The molecule has 1 heterocycles. The number of nitrogens with zero attached hydrogens (tertiary/aromatic N) is 1. The second-order valence-electron chi connectivity index (χ2n) is 4.57. The molecule has 0 aliphatic heterocycles. The first-order chi connectivity index (χ1) is 9.22. The Labute approximate surface area is 110 Å². The lowest BCUT2D eigenvalue weighted by Crippen LogP contribution is -2.03. The second-order valence-corrected chi connectivity index (χ2v) is 4.57. The minimum Gasteiger partial charge on any atom is -0.490 e. The number of pyridine rings is 1. The molecule has 96 valence electrons. The van der Waals surface area contributed by atoms with Gasteiger partial charge in [0.1, 0.15) is 11.6 Å². The zero-order chi connectivity index (χ0) is 13.2. The Bertz CT molecular complexity index is 623. The molecule has 1 aliphatic carbocycles.